The van der Waals surface area contributed by atoms with Crippen LogP contribution in [0.3, 0.4) is 0 Å². The Bertz CT molecular complexity index is 735. The molecule has 2 aromatic carbocycles. The highest BCUT2D eigenvalue weighted by molar-refractivity contribution is 5.92. The highest BCUT2D eigenvalue weighted by Crippen LogP contribution is 2.23. The molecule has 2 aromatic rings. The van der Waals surface area contributed by atoms with Gasteiger partial charge < -0.3 is 10.5 Å². The average Bonchev–Trinajstić information content (AvgIpc) is 3.01. The maximum atomic E-state index is 12.0. The molecule has 0 unspecified atom stereocenters. The Labute approximate surface area is 135 Å². The zero-order valence-corrected chi connectivity index (χ0v) is 12.9. The number of rotatable bonds is 5. The van der Waals surface area contributed by atoms with E-state index in [0.717, 1.165) is 24.0 Å². The molecule has 0 atom stereocenters. The Morgan fingerprint density at radius 3 is 2.39 bits per heavy atom. The summed E-state index contributed by atoms with van der Waals surface area (Å²) in [7, 11) is 0. The molecule has 4 nitrogen and oxygen atoms in total. The van der Waals surface area contributed by atoms with Crippen molar-refractivity contribution in [1.29, 1.82) is 0 Å². The zero-order valence-electron chi connectivity index (χ0n) is 12.9. The van der Waals surface area contributed by atoms with Crippen LogP contribution in [-0.4, -0.2) is 11.9 Å². The third-order valence-corrected chi connectivity index (χ3v) is 4.15. The van der Waals surface area contributed by atoms with Crippen LogP contribution in [0.15, 0.2) is 42.5 Å². The molecule has 0 aromatic heterocycles. The van der Waals surface area contributed by atoms with Crippen molar-refractivity contribution in [1.82, 2.24) is 0 Å². The number of ether oxygens (including phenoxy) is 1. The molecule has 1 aliphatic carbocycles. The minimum atomic E-state index is -0.467. The SMILES string of the molecule is NC(=O)c1ccc(COC(=O)Cc2ccc3c(c2)CCC3)cc1. The quantitative estimate of drug-likeness (QED) is 0.863. The Kier molecular flexibility index (Phi) is 4.42. The largest absolute Gasteiger partial charge is 0.461 e. The van der Waals surface area contributed by atoms with Gasteiger partial charge in [-0.15, -0.1) is 0 Å². The van der Waals surface area contributed by atoms with E-state index in [2.05, 4.69) is 12.1 Å². The Balaban J connectivity index is 1.54. The first kappa shape index (κ1) is 15.3. The number of aryl methyl sites for hydroxylation is 2. The first-order valence-electron chi connectivity index (χ1n) is 7.77. The molecule has 0 aliphatic heterocycles. The maximum Gasteiger partial charge on any atom is 0.310 e. The lowest BCUT2D eigenvalue weighted by atomic mass is 10.0. The van der Waals surface area contributed by atoms with Crippen molar-refractivity contribution in [2.75, 3.05) is 0 Å². The van der Waals surface area contributed by atoms with Crippen molar-refractivity contribution in [2.45, 2.75) is 32.3 Å². The number of esters is 1. The Morgan fingerprint density at radius 2 is 1.65 bits per heavy atom. The van der Waals surface area contributed by atoms with E-state index in [-0.39, 0.29) is 19.0 Å². The van der Waals surface area contributed by atoms with Gasteiger partial charge in [-0.25, -0.2) is 0 Å². The molecule has 0 bridgehead atoms. The normalized spacial score (nSPS) is 12.7. The molecule has 0 fully saturated rings. The minimum absolute atomic E-state index is 0.197. The van der Waals surface area contributed by atoms with Crippen LogP contribution in [0.1, 0.15) is 39.0 Å². The van der Waals surface area contributed by atoms with Crippen LogP contribution in [0, 0.1) is 0 Å². The predicted molar refractivity (Wildman–Crippen MR) is 86.9 cm³/mol. The molecule has 1 aliphatic rings. The van der Waals surface area contributed by atoms with Crippen LogP contribution in [0.25, 0.3) is 0 Å². The summed E-state index contributed by atoms with van der Waals surface area (Å²) in [4.78, 5) is 23.0. The molecule has 118 valence electrons. The monoisotopic (exact) mass is 309 g/mol. The van der Waals surface area contributed by atoms with Gasteiger partial charge in [0.2, 0.25) is 5.91 Å². The van der Waals surface area contributed by atoms with Gasteiger partial charge in [-0.05, 0) is 53.6 Å². The molecular formula is C19H19NO3. The van der Waals surface area contributed by atoms with E-state index in [0.29, 0.717) is 5.56 Å². The molecule has 4 heteroatoms. The van der Waals surface area contributed by atoms with Crippen LogP contribution >= 0.6 is 0 Å². The number of carbonyl (C=O) groups excluding carboxylic acids is 2. The van der Waals surface area contributed by atoms with Crippen molar-refractivity contribution in [3.05, 3.63) is 70.3 Å². The number of nitrogens with two attached hydrogens (primary N) is 1. The average molecular weight is 309 g/mol. The van der Waals surface area contributed by atoms with E-state index in [4.69, 9.17) is 10.5 Å². The van der Waals surface area contributed by atoms with Gasteiger partial charge >= 0.3 is 5.97 Å². The number of benzene rings is 2. The summed E-state index contributed by atoms with van der Waals surface area (Å²) in [5.74, 6) is -0.716. The lowest BCUT2D eigenvalue weighted by Gasteiger charge is -2.07. The van der Waals surface area contributed by atoms with E-state index < -0.39 is 5.91 Å². The van der Waals surface area contributed by atoms with Gasteiger partial charge in [-0.3, -0.25) is 9.59 Å². The van der Waals surface area contributed by atoms with Crippen molar-refractivity contribution in [2.24, 2.45) is 5.73 Å². The molecule has 23 heavy (non-hydrogen) atoms. The number of carbonyl (C=O) groups is 2. The van der Waals surface area contributed by atoms with Gasteiger partial charge in [0.25, 0.3) is 0 Å². The summed E-state index contributed by atoms with van der Waals surface area (Å²) >= 11 is 0. The molecule has 0 saturated heterocycles. The van der Waals surface area contributed by atoms with Crippen LogP contribution in [0.2, 0.25) is 0 Å². The highest BCUT2D eigenvalue weighted by atomic mass is 16.5. The summed E-state index contributed by atoms with van der Waals surface area (Å²) in [5, 5.41) is 0. The second kappa shape index (κ2) is 6.65. The van der Waals surface area contributed by atoms with Gasteiger partial charge in [0, 0.05) is 5.56 Å². The fourth-order valence-electron chi connectivity index (χ4n) is 2.88. The third kappa shape index (κ3) is 3.77. The summed E-state index contributed by atoms with van der Waals surface area (Å²) < 4.78 is 5.30. The van der Waals surface area contributed by atoms with Crippen molar-refractivity contribution < 1.29 is 14.3 Å². The van der Waals surface area contributed by atoms with Gasteiger partial charge in [0.15, 0.2) is 0 Å². The standard InChI is InChI=1S/C19H19NO3/c20-19(22)16-8-4-13(5-9-16)12-23-18(21)11-14-6-7-15-2-1-3-17(15)10-14/h4-10H,1-3,11-12H2,(H2,20,22). The van der Waals surface area contributed by atoms with Crippen molar-refractivity contribution >= 4 is 11.9 Å². The van der Waals surface area contributed by atoms with Crippen LogP contribution in [0.5, 0.6) is 0 Å². The van der Waals surface area contributed by atoms with Gasteiger partial charge in [-0.2, -0.15) is 0 Å². The number of primary amides is 1. The molecule has 2 N–H and O–H groups in total. The number of hydrogen-bond donors (Lipinski definition) is 1. The lowest BCUT2D eigenvalue weighted by molar-refractivity contribution is -0.144. The second-order valence-electron chi connectivity index (χ2n) is 5.86. The lowest BCUT2D eigenvalue weighted by Crippen LogP contribution is -2.11. The number of fused-ring (bicyclic) bond motifs is 1. The number of hydrogen-bond acceptors (Lipinski definition) is 3. The Morgan fingerprint density at radius 1 is 0.957 bits per heavy atom. The fourth-order valence-corrected chi connectivity index (χ4v) is 2.88. The van der Waals surface area contributed by atoms with Crippen LogP contribution < -0.4 is 5.73 Å². The molecule has 0 radical (unpaired) electrons. The Hall–Kier alpha value is -2.62. The minimum Gasteiger partial charge on any atom is -0.461 e. The first-order valence-corrected chi connectivity index (χ1v) is 7.77. The van der Waals surface area contributed by atoms with Crippen LogP contribution in [-0.2, 0) is 35.4 Å². The van der Waals surface area contributed by atoms with Gasteiger partial charge in [0.05, 0.1) is 6.42 Å². The summed E-state index contributed by atoms with van der Waals surface area (Å²) in [6.45, 7) is 0.197. The molecule has 1 amide bonds. The van der Waals surface area contributed by atoms with Gasteiger partial charge in [0.1, 0.15) is 6.61 Å². The molecule has 0 heterocycles. The summed E-state index contributed by atoms with van der Waals surface area (Å²) in [6, 6.07) is 13.0. The summed E-state index contributed by atoms with van der Waals surface area (Å²) in [5.41, 5.74) is 10.2. The molecular weight excluding hydrogens is 290 g/mol. The predicted octanol–water partition coefficient (Wildman–Crippen LogP) is 2.56. The first-order chi connectivity index (χ1) is 11.1. The van der Waals surface area contributed by atoms with Crippen LogP contribution in [0.4, 0.5) is 0 Å². The fraction of sp³-hybridized carbons (Fsp3) is 0.263. The molecule has 0 spiro atoms. The molecule has 0 saturated carbocycles. The third-order valence-electron chi connectivity index (χ3n) is 4.15. The van der Waals surface area contributed by atoms with E-state index in [9.17, 15) is 9.59 Å². The van der Waals surface area contributed by atoms with E-state index in [1.54, 1.807) is 24.3 Å². The zero-order chi connectivity index (χ0) is 16.2. The van der Waals surface area contributed by atoms with Gasteiger partial charge in [-0.1, -0.05) is 30.3 Å². The number of amides is 1. The summed E-state index contributed by atoms with van der Waals surface area (Å²) in [6.07, 6.45) is 3.73. The van der Waals surface area contributed by atoms with E-state index >= 15 is 0 Å². The van der Waals surface area contributed by atoms with Crippen molar-refractivity contribution in [3.8, 4) is 0 Å². The second-order valence-corrected chi connectivity index (χ2v) is 5.86. The smallest absolute Gasteiger partial charge is 0.310 e. The topological polar surface area (TPSA) is 69.4 Å². The molecule has 3 rings (SSSR count). The highest BCUT2D eigenvalue weighted by Gasteiger charge is 2.12. The van der Waals surface area contributed by atoms with Crippen molar-refractivity contribution in [3.63, 3.8) is 0 Å². The maximum absolute atomic E-state index is 12.0. The van der Waals surface area contributed by atoms with E-state index in [1.165, 1.54) is 17.5 Å². The van der Waals surface area contributed by atoms with E-state index in [1.807, 2.05) is 6.07 Å².